The third kappa shape index (κ3) is 2.82. The Hall–Kier alpha value is -2.15. The van der Waals surface area contributed by atoms with Crippen LogP contribution in [0.25, 0.3) is 10.2 Å². The molecule has 0 saturated carbocycles. The Bertz CT molecular complexity index is 638. The van der Waals surface area contributed by atoms with Crippen molar-refractivity contribution in [1.82, 2.24) is 9.88 Å². The summed E-state index contributed by atoms with van der Waals surface area (Å²) in [6, 6.07) is 5.15. The van der Waals surface area contributed by atoms with Gasteiger partial charge in [-0.1, -0.05) is 11.3 Å². The van der Waals surface area contributed by atoms with Crippen LogP contribution in [0.3, 0.4) is 0 Å². The molecule has 0 spiro atoms. The first-order valence-corrected chi connectivity index (χ1v) is 6.56. The van der Waals surface area contributed by atoms with Gasteiger partial charge in [-0.2, -0.15) is 0 Å². The molecule has 19 heavy (non-hydrogen) atoms. The van der Waals surface area contributed by atoms with E-state index in [1.807, 2.05) is 0 Å². The summed E-state index contributed by atoms with van der Waals surface area (Å²) < 4.78 is 0.846. The van der Waals surface area contributed by atoms with Crippen LogP contribution in [0, 0.1) is 0 Å². The lowest BCUT2D eigenvalue weighted by molar-refractivity contribution is -0.118. The second-order valence-corrected chi connectivity index (χ2v) is 5.08. The van der Waals surface area contributed by atoms with E-state index < -0.39 is 5.91 Å². The molecule has 7 heteroatoms. The van der Waals surface area contributed by atoms with Crippen molar-refractivity contribution in [2.45, 2.75) is 6.92 Å². The maximum Gasteiger partial charge on any atom is 0.254 e. The number of likely N-dealkylation sites (N-methyl/N-ethyl adjacent to an activating group) is 1. The SMILES string of the molecule is CCN(CC(N)=O)C(=O)c1ccc2nc(N)sc2c1. The van der Waals surface area contributed by atoms with Gasteiger partial charge in [0, 0.05) is 12.1 Å². The van der Waals surface area contributed by atoms with Gasteiger partial charge in [0.2, 0.25) is 5.91 Å². The number of hydrogen-bond donors (Lipinski definition) is 2. The van der Waals surface area contributed by atoms with Gasteiger partial charge in [-0.15, -0.1) is 0 Å². The van der Waals surface area contributed by atoms with E-state index in [1.54, 1.807) is 25.1 Å². The Morgan fingerprint density at radius 2 is 2.16 bits per heavy atom. The van der Waals surface area contributed by atoms with Crippen molar-refractivity contribution in [3.63, 3.8) is 0 Å². The van der Waals surface area contributed by atoms with Gasteiger partial charge in [-0.25, -0.2) is 4.98 Å². The standard InChI is InChI=1S/C12H14N4O2S/c1-2-16(6-10(13)17)11(18)7-3-4-8-9(5-7)19-12(14)15-8/h3-5H,2,6H2,1H3,(H2,13,17)(H2,14,15). The van der Waals surface area contributed by atoms with Gasteiger partial charge in [0.15, 0.2) is 5.13 Å². The predicted molar refractivity (Wildman–Crippen MR) is 74.8 cm³/mol. The molecule has 2 aromatic rings. The van der Waals surface area contributed by atoms with Crippen LogP contribution in [-0.2, 0) is 4.79 Å². The summed E-state index contributed by atoms with van der Waals surface area (Å²) in [5.74, 6) is -0.756. The number of thiazole rings is 1. The van der Waals surface area contributed by atoms with Gasteiger partial charge >= 0.3 is 0 Å². The zero-order valence-electron chi connectivity index (χ0n) is 10.4. The van der Waals surface area contributed by atoms with Gasteiger partial charge in [-0.05, 0) is 25.1 Å². The number of anilines is 1. The summed E-state index contributed by atoms with van der Waals surface area (Å²) in [6.45, 7) is 2.13. The van der Waals surface area contributed by atoms with Gasteiger partial charge in [0.1, 0.15) is 0 Å². The molecule has 0 bridgehead atoms. The van der Waals surface area contributed by atoms with E-state index in [1.165, 1.54) is 16.2 Å². The van der Waals surface area contributed by atoms with E-state index >= 15 is 0 Å². The van der Waals surface area contributed by atoms with E-state index in [0.717, 1.165) is 10.2 Å². The van der Waals surface area contributed by atoms with Gasteiger partial charge < -0.3 is 16.4 Å². The Morgan fingerprint density at radius 1 is 1.42 bits per heavy atom. The molecule has 0 unspecified atom stereocenters. The largest absolute Gasteiger partial charge is 0.375 e. The number of benzene rings is 1. The molecule has 0 saturated heterocycles. The van der Waals surface area contributed by atoms with E-state index in [4.69, 9.17) is 11.5 Å². The molecule has 0 atom stereocenters. The average Bonchev–Trinajstić information content (AvgIpc) is 2.73. The van der Waals surface area contributed by atoms with Crippen LogP contribution in [0.1, 0.15) is 17.3 Å². The zero-order chi connectivity index (χ0) is 14.0. The Morgan fingerprint density at radius 3 is 2.79 bits per heavy atom. The fourth-order valence-corrected chi connectivity index (χ4v) is 2.55. The maximum atomic E-state index is 12.2. The number of carbonyl (C=O) groups is 2. The molecule has 2 amide bonds. The van der Waals surface area contributed by atoms with Crippen molar-refractivity contribution in [3.8, 4) is 0 Å². The van der Waals surface area contributed by atoms with Crippen molar-refractivity contribution in [1.29, 1.82) is 0 Å². The van der Waals surface area contributed by atoms with Gasteiger partial charge in [0.05, 0.1) is 16.8 Å². The topological polar surface area (TPSA) is 102 Å². The second-order valence-electron chi connectivity index (χ2n) is 4.02. The molecule has 100 valence electrons. The molecular formula is C12H14N4O2S. The Balaban J connectivity index is 2.31. The number of rotatable bonds is 4. The van der Waals surface area contributed by atoms with Crippen molar-refractivity contribution in [2.24, 2.45) is 5.73 Å². The smallest absolute Gasteiger partial charge is 0.254 e. The lowest BCUT2D eigenvalue weighted by atomic mass is 10.2. The first-order valence-electron chi connectivity index (χ1n) is 5.75. The van der Waals surface area contributed by atoms with E-state index in [-0.39, 0.29) is 12.5 Å². The van der Waals surface area contributed by atoms with Crippen molar-refractivity contribution >= 4 is 38.5 Å². The minimum absolute atomic E-state index is 0.0851. The predicted octanol–water partition coefficient (Wildman–Crippen LogP) is 0.826. The Labute approximate surface area is 114 Å². The molecule has 0 aliphatic carbocycles. The molecule has 6 nitrogen and oxygen atoms in total. The van der Waals surface area contributed by atoms with Crippen LogP contribution >= 0.6 is 11.3 Å². The summed E-state index contributed by atoms with van der Waals surface area (Å²) in [6.07, 6.45) is 0. The Kier molecular flexibility index (Phi) is 3.66. The number of aromatic nitrogens is 1. The molecule has 1 aromatic heterocycles. The zero-order valence-corrected chi connectivity index (χ0v) is 11.2. The highest BCUT2D eigenvalue weighted by atomic mass is 32.1. The molecular weight excluding hydrogens is 264 g/mol. The van der Waals surface area contributed by atoms with Gasteiger partial charge in [0.25, 0.3) is 5.91 Å². The minimum atomic E-state index is -0.529. The number of amides is 2. The fraction of sp³-hybridized carbons (Fsp3) is 0.250. The summed E-state index contributed by atoms with van der Waals surface area (Å²) in [5.41, 5.74) is 12.0. The van der Waals surface area contributed by atoms with Crippen molar-refractivity contribution in [2.75, 3.05) is 18.8 Å². The number of nitrogens with two attached hydrogens (primary N) is 2. The van der Waals surface area contributed by atoms with E-state index in [2.05, 4.69) is 4.98 Å². The quantitative estimate of drug-likeness (QED) is 0.864. The normalized spacial score (nSPS) is 10.6. The van der Waals surface area contributed by atoms with E-state index in [9.17, 15) is 9.59 Å². The van der Waals surface area contributed by atoms with Crippen molar-refractivity contribution in [3.05, 3.63) is 23.8 Å². The maximum absolute atomic E-state index is 12.2. The second kappa shape index (κ2) is 5.23. The fourth-order valence-electron chi connectivity index (χ4n) is 1.77. The molecule has 1 heterocycles. The van der Waals surface area contributed by atoms with Crippen LogP contribution in [0.5, 0.6) is 0 Å². The molecule has 0 aliphatic rings. The van der Waals surface area contributed by atoms with Crippen LogP contribution in [0.15, 0.2) is 18.2 Å². The number of primary amides is 1. The summed E-state index contributed by atoms with van der Waals surface area (Å²) >= 11 is 1.32. The lowest BCUT2D eigenvalue weighted by Crippen LogP contribution is -2.38. The summed E-state index contributed by atoms with van der Waals surface area (Å²) in [4.78, 5) is 28.7. The van der Waals surface area contributed by atoms with Crippen LogP contribution < -0.4 is 11.5 Å². The monoisotopic (exact) mass is 278 g/mol. The van der Waals surface area contributed by atoms with E-state index in [0.29, 0.717) is 17.2 Å². The number of nitrogen functional groups attached to an aromatic ring is 1. The number of fused-ring (bicyclic) bond motifs is 1. The third-order valence-electron chi connectivity index (χ3n) is 2.67. The number of carbonyl (C=O) groups excluding carboxylic acids is 2. The number of nitrogens with zero attached hydrogens (tertiary/aromatic N) is 2. The molecule has 0 radical (unpaired) electrons. The molecule has 2 rings (SSSR count). The first-order chi connectivity index (χ1) is 9.01. The minimum Gasteiger partial charge on any atom is -0.375 e. The summed E-state index contributed by atoms with van der Waals surface area (Å²) in [5, 5.41) is 0.462. The number of hydrogen-bond acceptors (Lipinski definition) is 5. The average molecular weight is 278 g/mol. The first kappa shape index (κ1) is 13.3. The third-order valence-corrected chi connectivity index (χ3v) is 3.51. The van der Waals surface area contributed by atoms with Crippen LogP contribution in [0.4, 0.5) is 5.13 Å². The molecule has 4 N–H and O–H groups in total. The van der Waals surface area contributed by atoms with Crippen LogP contribution in [0.2, 0.25) is 0 Å². The highest BCUT2D eigenvalue weighted by Crippen LogP contribution is 2.25. The molecule has 0 fully saturated rings. The lowest BCUT2D eigenvalue weighted by Gasteiger charge is -2.18. The van der Waals surface area contributed by atoms with Crippen molar-refractivity contribution < 1.29 is 9.59 Å². The highest BCUT2D eigenvalue weighted by molar-refractivity contribution is 7.22. The van der Waals surface area contributed by atoms with Gasteiger partial charge in [-0.3, -0.25) is 9.59 Å². The van der Waals surface area contributed by atoms with Crippen LogP contribution in [-0.4, -0.2) is 34.8 Å². The summed E-state index contributed by atoms with van der Waals surface area (Å²) in [7, 11) is 0. The molecule has 1 aromatic carbocycles. The highest BCUT2D eigenvalue weighted by Gasteiger charge is 2.16. The molecule has 0 aliphatic heterocycles.